The molecule has 6 atom stereocenters. The van der Waals surface area contributed by atoms with Crippen LogP contribution in [-0.2, 0) is 28.5 Å². The fourth-order valence-electron chi connectivity index (χ4n) is 7.02. The molecule has 4 fully saturated rings. The number of ether oxygens (including phenoxy) is 4. The minimum atomic E-state index is -0.189. The van der Waals surface area contributed by atoms with Gasteiger partial charge in [-0.15, -0.1) is 0 Å². The van der Waals surface area contributed by atoms with Crippen molar-refractivity contribution in [3.8, 4) is 0 Å². The van der Waals surface area contributed by atoms with Crippen molar-refractivity contribution in [1.82, 2.24) is 5.32 Å². The Hall–Kier alpha value is -1.28. The van der Waals surface area contributed by atoms with Gasteiger partial charge in [-0.1, -0.05) is 57.1 Å². The van der Waals surface area contributed by atoms with Crippen molar-refractivity contribution in [3.63, 3.8) is 0 Å². The first kappa shape index (κ1) is 31.7. The highest BCUT2D eigenvalue weighted by Gasteiger charge is 2.43. The molecule has 2 aliphatic carbocycles. The molecule has 1 N–H and O–H groups in total. The zero-order chi connectivity index (χ0) is 28.0. The predicted octanol–water partition coefficient (Wildman–Crippen LogP) is 6.63. The summed E-state index contributed by atoms with van der Waals surface area (Å²) in [6, 6.07) is 0. The first-order chi connectivity index (χ1) is 19.6. The van der Waals surface area contributed by atoms with E-state index in [9.17, 15) is 9.59 Å². The van der Waals surface area contributed by atoms with E-state index in [1.54, 1.807) is 6.92 Å². The average molecular weight is 562 g/mol. The van der Waals surface area contributed by atoms with Gasteiger partial charge in [-0.3, -0.25) is 9.59 Å². The van der Waals surface area contributed by atoms with Gasteiger partial charge in [0.15, 0.2) is 12.6 Å². The Labute approximate surface area is 242 Å². The van der Waals surface area contributed by atoms with E-state index in [1.807, 2.05) is 0 Å². The monoisotopic (exact) mass is 561 g/mol. The molecule has 0 aromatic rings. The minimum absolute atomic E-state index is 0.00200. The maximum Gasteiger partial charge on any atom is 0.216 e. The predicted molar refractivity (Wildman–Crippen MR) is 156 cm³/mol. The number of nitrogens with one attached hydrogen (secondary N) is 1. The molecule has 2 aliphatic heterocycles. The largest absolute Gasteiger partial charge is 0.356 e. The van der Waals surface area contributed by atoms with E-state index in [4.69, 9.17) is 18.9 Å². The molecule has 0 aromatic carbocycles. The van der Waals surface area contributed by atoms with E-state index < -0.39 is 0 Å². The van der Waals surface area contributed by atoms with E-state index in [-0.39, 0.29) is 42.5 Å². The number of rotatable bonds is 15. The lowest BCUT2D eigenvalue weighted by Gasteiger charge is -2.33. The molecule has 7 heteroatoms. The van der Waals surface area contributed by atoms with Gasteiger partial charge in [-0.2, -0.15) is 0 Å². The fraction of sp³-hybridized carbons (Fsp3) is 0.879. The Morgan fingerprint density at radius 3 is 2.27 bits per heavy atom. The summed E-state index contributed by atoms with van der Waals surface area (Å²) in [5.41, 5.74) is 0. The van der Waals surface area contributed by atoms with Crippen molar-refractivity contribution in [2.24, 2.45) is 17.8 Å². The van der Waals surface area contributed by atoms with Crippen LogP contribution in [0.3, 0.4) is 0 Å². The molecule has 2 saturated carbocycles. The van der Waals surface area contributed by atoms with Crippen LogP contribution in [0.2, 0.25) is 0 Å². The molecule has 7 nitrogen and oxygen atoms in total. The van der Waals surface area contributed by atoms with Crippen molar-refractivity contribution in [2.75, 3.05) is 19.8 Å². The van der Waals surface area contributed by atoms with Crippen molar-refractivity contribution in [3.05, 3.63) is 12.2 Å². The molecule has 0 radical (unpaired) electrons. The van der Waals surface area contributed by atoms with Gasteiger partial charge < -0.3 is 24.3 Å². The quantitative estimate of drug-likeness (QED) is 0.179. The summed E-state index contributed by atoms with van der Waals surface area (Å²) in [7, 11) is 0. The van der Waals surface area contributed by atoms with Crippen LogP contribution < -0.4 is 5.32 Å². The van der Waals surface area contributed by atoms with Crippen molar-refractivity contribution in [2.45, 2.75) is 147 Å². The standard InChI is InChI=1S/C33H55NO6/c1-25(35)34-21-11-4-2-3-8-16-27-28(31(24-29(27)36)40-33-18-10-13-23-38-33)19-20-30(26-14-6-5-7-15-26)39-32-17-9-12-22-37-32/h19-20,26-28,30-33H,2-18,21-24H2,1H3,(H,34,35)/b20-19+/t27-,28-,30+,31-,32?,33?/m1/s1. The van der Waals surface area contributed by atoms with Gasteiger partial charge in [0, 0.05) is 44.9 Å². The van der Waals surface area contributed by atoms with E-state index >= 15 is 0 Å². The molecule has 4 aliphatic rings. The smallest absolute Gasteiger partial charge is 0.216 e. The molecule has 0 spiro atoms. The van der Waals surface area contributed by atoms with Crippen LogP contribution in [-0.4, -0.2) is 56.2 Å². The number of amides is 1. The summed E-state index contributed by atoms with van der Waals surface area (Å²) in [6.45, 7) is 3.85. The maximum absolute atomic E-state index is 13.3. The molecule has 2 heterocycles. The van der Waals surface area contributed by atoms with Crippen LogP contribution in [0.25, 0.3) is 0 Å². The second-order valence-corrected chi connectivity index (χ2v) is 12.5. The van der Waals surface area contributed by atoms with Crippen LogP contribution in [0.1, 0.15) is 122 Å². The zero-order valence-electron chi connectivity index (χ0n) is 25.0. The molecule has 0 bridgehead atoms. The second-order valence-electron chi connectivity index (χ2n) is 12.5. The maximum atomic E-state index is 13.3. The van der Waals surface area contributed by atoms with E-state index in [0.717, 1.165) is 96.8 Å². The molecule has 228 valence electrons. The molecular formula is C33H55NO6. The first-order valence-electron chi connectivity index (χ1n) is 16.6. The van der Waals surface area contributed by atoms with E-state index in [2.05, 4.69) is 17.5 Å². The van der Waals surface area contributed by atoms with E-state index in [0.29, 0.717) is 18.1 Å². The summed E-state index contributed by atoms with van der Waals surface area (Å²) in [6.07, 6.45) is 23.6. The van der Waals surface area contributed by atoms with Gasteiger partial charge in [-0.05, 0) is 70.1 Å². The van der Waals surface area contributed by atoms with Gasteiger partial charge in [0.1, 0.15) is 5.78 Å². The van der Waals surface area contributed by atoms with Gasteiger partial charge in [-0.25, -0.2) is 0 Å². The highest BCUT2D eigenvalue weighted by Crippen LogP contribution is 2.39. The Bertz CT molecular complexity index is 769. The molecule has 1 amide bonds. The van der Waals surface area contributed by atoms with Crippen LogP contribution in [0, 0.1) is 17.8 Å². The van der Waals surface area contributed by atoms with Gasteiger partial charge in [0.2, 0.25) is 5.91 Å². The average Bonchev–Trinajstić information content (AvgIpc) is 3.26. The lowest BCUT2D eigenvalue weighted by Crippen LogP contribution is -2.33. The molecule has 2 saturated heterocycles. The van der Waals surface area contributed by atoms with E-state index in [1.165, 1.54) is 32.1 Å². The SMILES string of the molecule is CC(=O)NCCCCCCC[C@H]1C(=O)C[C@@H](OC2CCCCO2)[C@@H]1/C=C/[C@H](OC1CCCCO1)C1CCCCC1. The Kier molecular flexibility index (Phi) is 13.9. The Balaban J connectivity index is 1.38. The number of ketones is 1. The summed E-state index contributed by atoms with van der Waals surface area (Å²) >= 11 is 0. The van der Waals surface area contributed by atoms with Crippen molar-refractivity contribution in [1.29, 1.82) is 0 Å². The number of Topliss-reactive ketones (excluding diaryl/α,β-unsaturated/α-hetero) is 1. The Morgan fingerprint density at radius 2 is 1.57 bits per heavy atom. The number of carbonyl (C=O) groups excluding carboxylic acids is 2. The molecule has 0 aromatic heterocycles. The first-order valence-corrected chi connectivity index (χ1v) is 16.6. The summed E-state index contributed by atoms with van der Waals surface area (Å²) < 4.78 is 25.0. The van der Waals surface area contributed by atoms with Crippen molar-refractivity contribution < 1.29 is 28.5 Å². The summed E-state index contributed by atoms with van der Waals surface area (Å²) in [5.74, 6) is 0.968. The third-order valence-corrected chi connectivity index (χ3v) is 9.32. The van der Waals surface area contributed by atoms with Crippen LogP contribution in [0.5, 0.6) is 0 Å². The third-order valence-electron chi connectivity index (χ3n) is 9.32. The molecule has 40 heavy (non-hydrogen) atoms. The number of carbonyl (C=O) groups is 2. The number of hydrogen-bond donors (Lipinski definition) is 1. The normalized spacial score (nSPS) is 31.0. The second kappa shape index (κ2) is 17.6. The van der Waals surface area contributed by atoms with Crippen LogP contribution in [0.4, 0.5) is 0 Å². The number of hydrogen-bond acceptors (Lipinski definition) is 6. The third kappa shape index (κ3) is 10.5. The minimum Gasteiger partial charge on any atom is -0.356 e. The van der Waals surface area contributed by atoms with Crippen LogP contribution >= 0.6 is 0 Å². The lowest BCUT2D eigenvalue weighted by molar-refractivity contribution is -0.193. The topological polar surface area (TPSA) is 83.1 Å². The van der Waals surface area contributed by atoms with Crippen LogP contribution in [0.15, 0.2) is 12.2 Å². The summed E-state index contributed by atoms with van der Waals surface area (Å²) in [4.78, 5) is 24.4. The Morgan fingerprint density at radius 1 is 0.900 bits per heavy atom. The molecular weight excluding hydrogens is 506 g/mol. The van der Waals surface area contributed by atoms with Crippen molar-refractivity contribution >= 4 is 11.7 Å². The number of unbranched alkanes of at least 4 members (excludes halogenated alkanes) is 4. The molecule has 4 rings (SSSR count). The van der Waals surface area contributed by atoms with Gasteiger partial charge in [0.25, 0.3) is 0 Å². The highest BCUT2D eigenvalue weighted by atomic mass is 16.7. The fourth-order valence-corrected chi connectivity index (χ4v) is 7.02. The van der Waals surface area contributed by atoms with Gasteiger partial charge in [0.05, 0.1) is 12.2 Å². The summed E-state index contributed by atoms with van der Waals surface area (Å²) in [5, 5.41) is 2.87. The van der Waals surface area contributed by atoms with Gasteiger partial charge >= 0.3 is 0 Å². The zero-order valence-corrected chi connectivity index (χ0v) is 25.0. The lowest BCUT2D eigenvalue weighted by atomic mass is 9.83. The molecule has 2 unspecified atom stereocenters. The highest BCUT2D eigenvalue weighted by molar-refractivity contribution is 5.84.